The number of nitrogens with zero attached hydrogens (tertiary/aromatic N) is 2. The summed E-state index contributed by atoms with van der Waals surface area (Å²) in [5.41, 5.74) is 8.47. The molecule has 3 heteroatoms. The number of hydrogen-bond donors (Lipinski definition) is 1. The molecule has 0 radical (unpaired) electrons. The summed E-state index contributed by atoms with van der Waals surface area (Å²) in [6, 6.07) is 0. The summed E-state index contributed by atoms with van der Waals surface area (Å²) in [7, 11) is 2.01. The summed E-state index contributed by atoms with van der Waals surface area (Å²) >= 11 is 0. The summed E-state index contributed by atoms with van der Waals surface area (Å²) in [4.78, 5) is 0. The molecule has 0 amide bonds. The van der Waals surface area contributed by atoms with Crippen LogP contribution in [0.25, 0.3) is 0 Å². The maximum Gasteiger partial charge on any atom is 0.0524 e. The molecular formula is C9H15N3. The molecule has 0 fully saturated rings. The van der Waals surface area contributed by atoms with Crippen LogP contribution >= 0.6 is 0 Å². The molecule has 1 heterocycles. The van der Waals surface area contributed by atoms with E-state index in [1.54, 1.807) is 0 Å². The third kappa shape index (κ3) is 1.05. The van der Waals surface area contributed by atoms with Crippen LogP contribution in [0.1, 0.15) is 30.0 Å². The van der Waals surface area contributed by atoms with Crippen molar-refractivity contribution in [1.82, 2.24) is 9.78 Å². The molecule has 0 aliphatic heterocycles. The normalized spacial score (nSPS) is 22.3. The van der Waals surface area contributed by atoms with Gasteiger partial charge in [-0.05, 0) is 24.8 Å². The second-order valence-electron chi connectivity index (χ2n) is 3.50. The molecule has 3 nitrogen and oxygen atoms in total. The molecule has 2 N–H and O–H groups in total. The third-order valence-corrected chi connectivity index (χ3v) is 2.73. The lowest BCUT2D eigenvalue weighted by Crippen LogP contribution is -2.20. The monoisotopic (exact) mass is 165 g/mol. The van der Waals surface area contributed by atoms with E-state index in [1.165, 1.54) is 30.5 Å². The van der Waals surface area contributed by atoms with Gasteiger partial charge in [-0.2, -0.15) is 5.10 Å². The Morgan fingerprint density at radius 2 is 2.58 bits per heavy atom. The maximum atomic E-state index is 5.71. The molecule has 1 aromatic heterocycles. The van der Waals surface area contributed by atoms with Gasteiger partial charge in [-0.1, -0.05) is 0 Å². The predicted octanol–water partition coefficient (Wildman–Crippen LogP) is 0.799. The Morgan fingerprint density at radius 3 is 3.33 bits per heavy atom. The highest BCUT2D eigenvalue weighted by Crippen LogP contribution is 2.29. The van der Waals surface area contributed by atoms with Gasteiger partial charge in [0, 0.05) is 25.2 Å². The van der Waals surface area contributed by atoms with Crippen LogP contribution in [0.2, 0.25) is 0 Å². The average molecular weight is 165 g/mol. The standard InChI is InChI=1S/C9H15N3/c1-12-9-7(5-10)3-2-4-8(9)6-11-12/h6-7H,2-5,10H2,1H3. The number of rotatable bonds is 1. The van der Waals surface area contributed by atoms with Crippen molar-refractivity contribution in [3.05, 3.63) is 17.5 Å². The van der Waals surface area contributed by atoms with Crippen molar-refractivity contribution >= 4 is 0 Å². The largest absolute Gasteiger partial charge is 0.330 e. The molecule has 66 valence electrons. The number of aryl methyl sites for hydroxylation is 2. The lowest BCUT2D eigenvalue weighted by atomic mass is 9.88. The summed E-state index contributed by atoms with van der Waals surface area (Å²) in [6.07, 6.45) is 5.65. The molecule has 1 unspecified atom stereocenters. The molecule has 1 atom stereocenters. The highest BCUT2D eigenvalue weighted by molar-refractivity contribution is 5.24. The van der Waals surface area contributed by atoms with E-state index in [1.807, 2.05) is 17.9 Å². The van der Waals surface area contributed by atoms with Gasteiger partial charge in [-0.15, -0.1) is 0 Å². The van der Waals surface area contributed by atoms with Crippen LogP contribution < -0.4 is 5.73 Å². The van der Waals surface area contributed by atoms with Gasteiger partial charge < -0.3 is 5.73 Å². The minimum absolute atomic E-state index is 0.543. The highest BCUT2D eigenvalue weighted by atomic mass is 15.3. The summed E-state index contributed by atoms with van der Waals surface area (Å²) in [5, 5.41) is 4.26. The quantitative estimate of drug-likeness (QED) is 0.669. The van der Waals surface area contributed by atoms with Gasteiger partial charge in [0.05, 0.1) is 6.20 Å². The molecule has 0 spiro atoms. The predicted molar refractivity (Wildman–Crippen MR) is 47.9 cm³/mol. The number of fused-ring (bicyclic) bond motifs is 1. The van der Waals surface area contributed by atoms with Crippen LogP contribution in [0.4, 0.5) is 0 Å². The molecule has 0 bridgehead atoms. The molecule has 1 aliphatic rings. The molecule has 2 rings (SSSR count). The van der Waals surface area contributed by atoms with Crippen molar-refractivity contribution in [2.45, 2.75) is 25.2 Å². The Morgan fingerprint density at radius 1 is 1.75 bits per heavy atom. The van der Waals surface area contributed by atoms with E-state index >= 15 is 0 Å². The van der Waals surface area contributed by atoms with Gasteiger partial charge in [0.2, 0.25) is 0 Å². The van der Waals surface area contributed by atoms with Crippen molar-refractivity contribution < 1.29 is 0 Å². The van der Waals surface area contributed by atoms with Crippen LogP contribution in [-0.4, -0.2) is 16.3 Å². The van der Waals surface area contributed by atoms with E-state index in [0.717, 1.165) is 6.54 Å². The minimum atomic E-state index is 0.543. The Labute approximate surface area is 72.6 Å². The number of nitrogens with two attached hydrogens (primary N) is 1. The first-order valence-electron chi connectivity index (χ1n) is 4.53. The fraction of sp³-hybridized carbons (Fsp3) is 0.667. The fourth-order valence-corrected chi connectivity index (χ4v) is 2.12. The number of hydrogen-bond acceptors (Lipinski definition) is 2. The zero-order valence-electron chi connectivity index (χ0n) is 7.45. The van der Waals surface area contributed by atoms with E-state index < -0.39 is 0 Å². The lowest BCUT2D eigenvalue weighted by molar-refractivity contribution is 0.520. The van der Waals surface area contributed by atoms with Crippen molar-refractivity contribution in [2.24, 2.45) is 12.8 Å². The van der Waals surface area contributed by atoms with Gasteiger partial charge in [0.15, 0.2) is 0 Å². The third-order valence-electron chi connectivity index (χ3n) is 2.73. The highest BCUT2D eigenvalue weighted by Gasteiger charge is 2.22. The topological polar surface area (TPSA) is 43.8 Å². The van der Waals surface area contributed by atoms with E-state index in [0.29, 0.717) is 5.92 Å². The Bertz CT molecular complexity index is 277. The molecule has 12 heavy (non-hydrogen) atoms. The van der Waals surface area contributed by atoms with Gasteiger partial charge >= 0.3 is 0 Å². The summed E-state index contributed by atoms with van der Waals surface area (Å²) in [6.45, 7) is 0.756. The molecule has 1 aliphatic carbocycles. The Balaban J connectivity index is 2.41. The summed E-state index contributed by atoms with van der Waals surface area (Å²) in [5.74, 6) is 0.543. The maximum absolute atomic E-state index is 5.71. The first-order chi connectivity index (χ1) is 5.83. The first-order valence-corrected chi connectivity index (χ1v) is 4.53. The minimum Gasteiger partial charge on any atom is -0.330 e. The first kappa shape index (κ1) is 7.80. The van der Waals surface area contributed by atoms with Crippen LogP contribution in [0.15, 0.2) is 6.20 Å². The Kier molecular flexibility index (Phi) is 1.89. The van der Waals surface area contributed by atoms with Gasteiger partial charge in [-0.25, -0.2) is 0 Å². The molecule has 0 aromatic carbocycles. The lowest BCUT2D eigenvalue weighted by Gasteiger charge is -2.21. The van der Waals surface area contributed by atoms with E-state index in [4.69, 9.17) is 5.73 Å². The van der Waals surface area contributed by atoms with E-state index in [9.17, 15) is 0 Å². The molecule has 0 saturated carbocycles. The van der Waals surface area contributed by atoms with Gasteiger partial charge in [0.1, 0.15) is 0 Å². The fourth-order valence-electron chi connectivity index (χ4n) is 2.12. The SMILES string of the molecule is Cn1ncc2c1C(CN)CCC2. The van der Waals surface area contributed by atoms with Crippen molar-refractivity contribution in [3.63, 3.8) is 0 Å². The Hall–Kier alpha value is -0.830. The zero-order valence-corrected chi connectivity index (χ0v) is 7.45. The second-order valence-corrected chi connectivity index (χ2v) is 3.50. The van der Waals surface area contributed by atoms with Crippen molar-refractivity contribution in [3.8, 4) is 0 Å². The van der Waals surface area contributed by atoms with Crippen molar-refractivity contribution in [2.75, 3.05) is 6.54 Å². The van der Waals surface area contributed by atoms with Crippen molar-refractivity contribution in [1.29, 1.82) is 0 Å². The smallest absolute Gasteiger partial charge is 0.0524 e. The molecule has 1 aromatic rings. The van der Waals surface area contributed by atoms with Crippen LogP contribution in [0, 0.1) is 0 Å². The average Bonchev–Trinajstić information content (AvgIpc) is 2.48. The van der Waals surface area contributed by atoms with E-state index in [-0.39, 0.29) is 0 Å². The van der Waals surface area contributed by atoms with Crippen LogP contribution in [-0.2, 0) is 13.5 Å². The van der Waals surface area contributed by atoms with Gasteiger partial charge in [-0.3, -0.25) is 4.68 Å². The summed E-state index contributed by atoms with van der Waals surface area (Å²) < 4.78 is 1.98. The number of aromatic nitrogens is 2. The van der Waals surface area contributed by atoms with E-state index in [2.05, 4.69) is 5.10 Å². The van der Waals surface area contributed by atoms with Crippen LogP contribution in [0.3, 0.4) is 0 Å². The zero-order chi connectivity index (χ0) is 8.55. The second kappa shape index (κ2) is 2.90. The van der Waals surface area contributed by atoms with Crippen LogP contribution in [0.5, 0.6) is 0 Å². The van der Waals surface area contributed by atoms with Gasteiger partial charge in [0.25, 0.3) is 0 Å². The molecule has 0 saturated heterocycles. The molecular weight excluding hydrogens is 150 g/mol.